The molecule has 0 atom stereocenters. The van der Waals surface area contributed by atoms with E-state index in [9.17, 15) is 22.8 Å². The summed E-state index contributed by atoms with van der Waals surface area (Å²) >= 11 is 12.4. The lowest BCUT2D eigenvalue weighted by atomic mass is 10.2. The average molecular weight is 471 g/mol. The lowest BCUT2D eigenvalue weighted by Crippen LogP contribution is -2.31. The van der Waals surface area contributed by atoms with E-state index in [1.54, 1.807) is 30.3 Å². The second-order valence-corrected chi connectivity index (χ2v) is 8.31. The Bertz CT molecular complexity index is 1040. The van der Waals surface area contributed by atoms with Crippen molar-refractivity contribution in [2.75, 3.05) is 11.9 Å². The third-order valence-electron chi connectivity index (χ3n) is 4.10. The normalized spacial score (nSPS) is 15.7. The standard InChI is InChI=1S/C20H14ClF3N2O2S2/c21-15-7-2-1-4-12(15)10-16-18(28)26(19(29)30-16)9-8-17(27)25-14-6-3-5-13(11-14)20(22,23)24/h1-7,10-11H,8-9H2,(H,25,27)/b16-10+. The van der Waals surface area contributed by atoms with Crippen molar-refractivity contribution >= 4 is 63.5 Å². The van der Waals surface area contributed by atoms with E-state index in [0.717, 1.165) is 23.9 Å². The van der Waals surface area contributed by atoms with E-state index in [2.05, 4.69) is 5.32 Å². The van der Waals surface area contributed by atoms with Crippen LogP contribution in [-0.4, -0.2) is 27.6 Å². The summed E-state index contributed by atoms with van der Waals surface area (Å²) in [7, 11) is 0. The molecule has 0 saturated carbocycles. The molecule has 0 spiro atoms. The van der Waals surface area contributed by atoms with Gasteiger partial charge in [-0.05, 0) is 35.9 Å². The van der Waals surface area contributed by atoms with Gasteiger partial charge in [0.15, 0.2) is 0 Å². The molecule has 2 aromatic carbocycles. The van der Waals surface area contributed by atoms with E-state index in [1.165, 1.54) is 17.0 Å². The summed E-state index contributed by atoms with van der Waals surface area (Å²) < 4.78 is 38.6. The number of thioether (sulfide) groups is 1. The third kappa shape index (κ3) is 5.41. The predicted molar refractivity (Wildman–Crippen MR) is 116 cm³/mol. The third-order valence-corrected chi connectivity index (χ3v) is 5.82. The Hall–Kier alpha value is -2.36. The maximum atomic E-state index is 12.8. The van der Waals surface area contributed by atoms with Crippen molar-refractivity contribution in [1.29, 1.82) is 0 Å². The zero-order valence-electron chi connectivity index (χ0n) is 15.2. The van der Waals surface area contributed by atoms with E-state index >= 15 is 0 Å². The van der Waals surface area contributed by atoms with Crippen LogP contribution in [0.1, 0.15) is 17.5 Å². The van der Waals surface area contributed by atoms with Crippen LogP contribution >= 0.6 is 35.6 Å². The molecule has 2 aromatic rings. The monoisotopic (exact) mass is 470 g/mol. The molecule has 30 heavy (non-hydrogen) atoms. The molecule has 10 heteroatoms. The number of hydrogen-bond acceptors (Lipinski definition) is 4. The fourth-order valence-corrected chi connectivity index (χ4v) is 4.13. The molecule has 1 aliphatic heterocycles. The number of amides is 2. The van der Waals surface area contributed by atoms with Gasteiger partial charge >= 0.3 is 6.18 Å². The van der Waals surface area contributed by atoms with Crippen molar-refractivity contribution in [2.45, 2.75) is 12.6 Å². The van der Waals surface area contributed by atoms with E-state index in [4.69, 9.17) is 23.8 Å². The van der Waals surface area contributed by atoms with Crippen molar-refractivity contribution < 1.29 is 22.8 Å². The number of benzene rings is 2. The summed E-state index contributed by atoms with van der Waals surface area (Å²) in [6.45, 7) is 0.00925. The molecule has 1 fully saturated rings. The lowest BCUT2D eigenvalue weighted by Gasteiger charge is -2.14. The van der Waals surface area contributed by atoms with Crippen LogP contribution in [0.15, 0.2) is 53.4 Å². The van der Waals surface area contributed by atoms with Gasteiger partial charge in [-0.2, -0.15) is 13.2 Å². The first-order valence-corrected chi connectivity index (χ1v) is 10.2. The molecular formula is C20H14ClF3N2O2S2. The summed E-state index contributed by atoms with van der Waals surface area (Å²) in [5.74, 6) is -0.879. The molecule has 4 nitrogen and oxygen atoms in total. The largest absolute Gasteiger partial charge is 0.416 e. The highest BCUT2D eigenvalue weighted by Crippen LogP contribution is 2.34. The molecule has 156 valence electrons. The number of alkyl halides is 3. The van der Waals surface area contributed by atoms with Crippen LogP contribution in [-0.2, 0) is 15.8 Å². The average Bonchev–Trinajstić information content (AvgIpc) is 2.94. The Balaban J connectivity index is 1.62. The highest BCUT2D eigenvalue weighted by atomic mass is 35.5. The summed E-state index contributed by atoms with van der Waals surface area (Å²) in [6, 6.07) is 11.4. The van der Waals surface area contributed by atoms with Crippen molar-refractivity contribution in [2.24, 2.45) is 0 Å². The van der Waals surface area contributed by atoms with Crippen molar-refractivity contribution in [3.63, 3.8) is 0 Å². The molecule has 0 unspecified atom stereocenters. The molecular weight excluding hydrogens is 457 g/mol. The quantitative estimate of drug-likeness (QED) is 0.457. The Morgan fingerprint density at radius 2 is 1.93 bits per heavy atom. The Morgan fingerprint density at radius 3 is 2.63 bits per heavy atom. The topological polar surface area (TPSA) is 49.4 Å². The van der Waals surface area contributed by atoms with Crippen molar-refractivity contribution in [3.05, 3.63) is 69.6 Å². The maximum absolute atomic E-state index is 12.8. The summed E-state index contributed by atoms with van der Waals surface area (Å²) in [4.78, 5) is 26.4. The minimum Gasteiger partial charge on any atom is -0.326 e. The summed E-state index contributed by atoms with van der Waals surface area (Å²) in [5, 5.41) is 2.90. The number of carbonyl (C=O) groups excluding carboxylic acids is 2. The van der Waals surface area contributed by atoms with Gasteiger partial charge in [-0.1, -0.05) is 59.8 Å². The number of carbonyl (C=O) groups is 2. The van der Waals surface area contributed by atoms with Crippen LogP contribution < -0.4 is 5.32 Å². The molecule has 0 aliphatic carbocycles. The second-order valence-electron chi connectivity index (χ2n) is 6.23. The van der Waals surface area contributed by atoms with Gasteiger partial charge < -0.3 is 5.32 Å². The van der Waals surface area contributed by atoms with Gasteiger partial charge in [-0.25, -0.2) is 0 Å². The summed E-state index contributed by atoms with van der Waals surface area (Å²) in [5.41, 5.74) is -0.164. The number of halogens is 4. The highest BCUT2D eigenvalue weighted by molar-refractivity contribution is 8.26. The second kappa shape index (κ2) is 9.20. The Labute approximate surface area is 185 Å². The molecule has 0 bridgehead atoms. The highest BCUT2D eigenvalue weighted by Gasteiger charge is 2.32. The molecule has 0 radical (unpaired) electrons. The predicted octanol–water partition coefficient (Wildman–Crippen LogP) is 5.59. The molecule has 3 rings (SSSR count). The van der Waals surface area contributed by atoms with E-state index in [-0.39, 0.29) is 24.6 Å². The van der Waals surface area contributed by atoms with Crippen LogP contribution in [0.3, 0.4) is 0 Å². The first kappa shape index (κ1) is 22.3. The fourth-order valence-electron chi connectivity index (χ4n) is 2.64. The molecule has 1 N–H and O–H groups in total. The number of hydrogen-bond donors (Lipinski definition) is 1. The van der Waals surface area contributed by atoms with Crippen molar-refractivity contribution in [3.8, 4) is 0 Å². The van der Waals surface area contributed by atoms with Crippen LogP contribution in [0.5, 0.6) is 0 Å². The van der Waals surface area contributed by atoms with E-state index < -0.39 is 17.6 Å². The number of nitrogens with zero attached hydrogens (tertiary/aromatic N) is 1. The Kier molecular flexibility index (Phi) is 6.84. The molecule has 0 aromatic heterocycles. The number of anilines is 1. The first-order valence-electron chi connectivity index (χ1n) is 8.62. The Morgan fingerprint density at radius 1 is 1.20 bits per heavy atom. The van der Waals surface area contributed by atoms with Gasteiger partial charge in [0.1, 0.15) is 4.32 Å². The van der Waals surface area contributed by atoms with Gasteiger partial charge in [-0.3, -0.25) is 14.5 Å². The first-order chi connectivity index (χ1) is 14.1. The smallest absolute Gasteiger partial charge is 0.326 e. The van der Waals surface area contributed by atoms with Crippen LogP contribution in [0, 0.1) is 0 Å². The van der Waals surface area contributed by atoms with E-state index in [1.807, 2.05) is 0 Å². The lowest BCUT2D eigenvalue weighted by molar-refractivity contribution is -0.137. The number of rotatable bonds is 5. The number of nitrogens with one attached hydrogen (secondary N) is 1. The van der Waals surface area contributed by atoms with Gasteiger partial charge in [0, 0.05) is 23.7 Å². The molecule has 1 aliphatic rings. The minimum absolute atomic E-state index is 0.00925. The zero-order valence-corrected chi connectivity index (χ0v) is 17.6. The minimum atomic E-state index is -4.50. The molecule has 1 heterocycles. The van der Waals surface area contributed by atoms with Crippen molar-refractivity contribution in [1.82, 2.24) is 4.90 Å². The van der Waals surface area contributed by atoms with Crippen LogP contribution in [0.4, 0.5) is 18.9 Å². The van der Waals surface area contributed by atoms with Gasteiger partial charge in [0.05, 0.1) is 10.5 Å². The maximum Gasteiger partial charge on any atom is 0.416 e. The van der Waals surface area contributed by atoms with Crippen LogP contribution in [0.2, 0.25) is 5.02 Å². The number of thiocarbonyl (C=S) groups is 1. The zero-order chi connectivity index (χ0) is 21.9. The van der Waals surface area contributed by atoms with Gasteiger partial charge in [0.25, 0.3) is 5.91 Å². The van der Waals surface area contributed by atoms with E-state index in [0.29, 0.717) is 19.8 Å². The fraction of sp³-hybridized carbons (Fsp3) is 0.150. The van der Waals surface area contributed by atoms with Crippen LogP contribution in [0.25, 0.3) is 6.08 Å². The van der Waals surface area contributed by atoms with Gasteiger partial charge in [-0.15, -0.1) is 0 Å². The van der Waals surface area contributed by atoms with Gasteiger partial charge in [0.2, 0.25) is 5.91 Å². The molecule has 2 amide bonds. The SMILES string of the molecule is O=C(CCN1C(=O)/C(=C\c2ccccc2Cl)SC1=S)Nc1cccc(C(F)(F)F)c1. The molecule has 1 saturated heterocycles. The summed E-state index contributed by atoms with van der Waals surface area (Å²) in [6.07, 6.45) is -3.00.